The molecule has 0 heterocycles. The highest BCUT2D eigenvalue weighted by Gasteiger charge is 2.13. The first-order valence-electron chi connectivity index (χ1n) is 7.75. The predicted molar refractivity (Wildman–Crippen MR) is 90.3 cm³/mol. The Labute approximate surface area is 137 Å². The fourth-order valence-corrected chi connectivity index (χ4v) is 2.25. The van der Waals surface area contributed by atoms with Gasteiger partial charge in [0, 0.05) is 0 Å². The summed E-state index contributed by atoms with van der Waals surface area (Å²) in [6, 6.07) is 15.4. The molecule has 0 aliphatic rings. The summed E-state index contributed by atoms with van der Waals surface area (Å²) in [5.41, 5.74) is 9.18. The Hall–Kier alpha value is -2.33. The normalized spacial score (nSPS) is 11.8. The molecule has 0 aliphatic carbocycles. The topological polar surface area (TPSA) is 61.5 Å². The average molecular weight is 313 g/mol. The summed E-state index contributed by atoms with van der Waals surface area (Å²) < 4.78 is 10.4. The van der Waals surface area contributed by atoms with Gasteiger partial charge in [0.25, 0.3) is 0 Å². The highest BCUT2D eigenvalue weighted by molar-refractivity contribution is 5.75. The van der Waals surface area contributed by atoms with Gasteiger partial charge in [-0.1, -0.05) is 43.3 Å². The molecule has 4 heteroatoms. The molecule has 1 atom stereocenters. The quantitative estimate of drug-likeness (QED) is 0.798. The molecule has 2 aromatic carbocycles. The molecule has 0 fully saturated rings. The number of aryl methyl sites for hydroxylation is 1. The summed E-state index contributed by atoms with van der Waals surface area (Å²) in [5.74, 6) is 0.390. The number of hydrogen-bond acceptors (Lipinski definition) is 4. The summed E-state index contributed by atoms with van der Waals surface area (Å²) >= 11 is 0. The molecule has 2 aromatic rings. The molecule has 0 bridgehead atoms. The highest BCUT2D eigenvalue weighted by Crippen LogP contribution is 2.15. The number of rotatable bonds is 7. The van der Waals surface area contributed by atoms with Gasteiger partial charge in [-0.25, -0.2) is 0 Å². The zero-order valence-electron chi connectivity index (χ0n) is 13.6. The zero-order chi connectivity index (χ0) is 16.7. The molecule has 0 aliphatic heterocycles. The molecule has 0 amide bonds. The van der Waals surface area contributed by atoms with Crippen LogP contribution in [0.3, 0.4) is 0 Å². The van der Waals surface area contributed by atoms with Crippen molar-refractivity contribution in [3.05, 3.63) is 65.2 Å². The number of carbonyl (C=O) groups is 1. The van der Waals surface area contributed by atoms with Gasteiger partial charge in [0.15, 0.2) is 0 Å². The third kappa shape index (κ3) is 5.11. The molecule has 0 radical (unpaired) electrons. The fourth-order valence-electron chi connectivity index (χ4n) is 2.25. The molecule has 0 saturated heterocycles. The van der Waals surface area contributed by atoms with Crippen LogP contribution in [0.25, 0.3) is 0 Å². The van der Waals surface area contributed by atoms with Crippen LogP contribution in [0.5, 0.6) is 5.75 Å². The van der Waals surface area contributed by atoms with Crippen LogP contribution in [0, 0.1) is 0 Å². The minimum absolute atomic E-state index is 0.402. The van der Waals surface area contributed by atoms with Crippen LogP contribution in [0.1, 0.15) is 23.6 Å². The molecule has 122 valence electrons. The maximum absolute atomic E-state index is 11.3. The van der Waals surface area contributed by atoms with E-state index in [0.29, 0.717) is 13.0 Å². The lowest BCUT2D eigenvalue weighted by atomic mass is 10.1. The van der Waals surface area contributed by atoms with Crippen LogP contribution >= 0.6 is 0 Å². The number of ether oxygens (including phenoxy) is 2. The highest BCUT2D eigenvalue weighted by atomic mass is 16.5. The van der Waals surface area contributed by atoms with Crippen molar-refractivity contribution >= 4 is 5.97 Å². The van der Waals surface area contributed by atoms with Gasteiger partial charge in [-0.05, 0) is 41.7 Å². The van der Waals surface area contributed by atoms with Crippen molar-refractivity contribution in [1.29, 1.82) is 0 Å². The molecule has 2 rings (SSSR count). The van der Waals surface area contributed by atoms with Crippen molar-refractivity contribution in [1.82, 2.24) is 0 Å². The summed E-state index contributed by atoms with van der Waals surface area (Å²) in [6.07, 6.45) is 1.49. The molecule has 4 nitrogen and oxygen atoms in total. The van der Waals surface area contributed by atoms with Crippen molar-refractivity contribution in [3.8, 4) is 5.75 Å². The molecule has 0 aromatic heterocycles. The third-order valence-corrected chi connectivity index (χ3v) is 3.72. The smallest absolute Gasteiger partial charge is 0.322 e. The molecular formula is C19H23NO3. The Morgan fingerprint density at radius 2 is 1.57 bits per heavy atom. The van der Waals surface area contributed by atoms with E-state index in [-0.39, 0.29) is 0 Å². The Morgan fingerprint density at radius 1 is 1.00 bits per heavy atom. The van der Waals surface area contributed by atoms with E-state index in [1.54, 1.807) is 0 Å². The van der Waals surface area contributed by atoms with Gasteiger partial charge in [0.2, 0.25) is 0 Å². The Morgan fingerprint density at radius 3 is 2.13 bits per heavy atom. The second-order valence-electron chi connectivity index (χ2n) is 5.44. The van der Waals surface area contributed by atoms with Crippen molar-refractivity contribution in [2.45, 2.75) is 32.4 Å². The minimum atomic E-state index is -0.635. The van der Waals surface area contributed by atoms with Crippen LogP contribution in [-0.4, -0.2) is 19.1 Å². The zero-order valence-corrected chi connectivity index (χ0v) is 13.6. The van der Waals surface area contributed by atoms with Crippen LogP contribution in [0.2, 0.25) is 0 Å². The number of methoxy groups -OCH3 is 1. The van der Waals surface area contributed by atoms with Crippen molar-refractivity contribution in [2.75, 3.05) is 7.11 Å². The molecule has 1 unspecified atom stereocenters. The van der Waals surface area contributed by atoms with E-state index in [1.807, 2.05) is 24.3 Å². The van der Waals surface area contributed by atoms with Crippen LogP contribution in [-0.2, 0) is 29.0 Å². The molecular weight excluding hydrogens is 290 g/mol. The summed E-state index contributed by atoms with van der Waals surface area (Å²) in [7, 11) is 1.34. The molecule has 23 heavy (non-hydrogen) atoms. The van der Waals surface area contributed by atoms with E-state index in [9.17, 15) is 4.79 Å². The maximum atomic E-state index is 11.3. The Kier molecular flexibility index (Phi) is 6.18. The Balaban J connectivity index is 1.88. The first-order chi connectivity index (χ1) is 11.1. The summed E-state index contributed by atoms with van der Waals surface area (Å²) in [6.45, 7) is 2.67. The number of esters is 1. The second-order valence-corrected chi connectivity index (χ2v) is 5.44. The minimum Gasteiger partial charge on any atom is -0.489 e. The van der Waals surface area contributed by atoms with Gasteiger partial charge in [0.1, 0.15) is 18.4 Å². The van der Waals surface area contributed by atoms with E-state index < -0.39 is 12.0 Å². The summed E-state index contributed by atoms with van der Waals surface area (Å²) in [4.78, 5) is 11.3. The second kappa shape index (κ2) is 8.34. The number of benzene rings is 2. The standard InChI is InChI=1S/C19H23NO3/c1-3-14-4-6-16(7-5-14)13-23-17-10-8-15(9-11-17)12-18(20)19(21)22-2/h4-11,18H,3,12-13,20H2,1-2H3. The van der Waals surface area contributed by atoms with Gasteiger partial charge >= 0.3 is 5.97 Å². The van der Waals surface area contributed by atoms with Crippen molar-refractivity contribution < 1.29 is 14.3 Å². The van der Waals surface area contributed by atoms with Crippen LogP contribution in [0.4, 0.5) is 0 Å². The first-order valence-corrected chi connectivity index (χ1v) is 7.75. The third-order valence-electron chi connectivity index (χ3n) is 3.72. The van der Waals surface area contributed by atoms with Crippen molar-refractivity contribution in [3.63, 3.8) is 0 Å². The summed E-state index contributed by atoms with van der Waals surface area (Å²) in [5, 5.41) is 0. The number of nitrogens with two attached hydrogens (primary N) is 1. The molecule has 0 saturated carbocycles. The van der Waals surface area contributed by atoms with Crippen molar-refractivity contribution in [2.24, 2.45) is 5.73 Å². The fraction of sp³-hybridized carbons (Fsp3) is 0.316. The largest absolute Gasteiger partial charge is 0.489 e. The maximum Gasteiger partial charge on any atom is 0.322 e. The van der Waals surface area contributed by atoms with Gasteiger partial charge in [-0.3, -0.25) is 4.79 Å². The predicted octanol–water partition coefficient (Wildman–Crippen LogP) is 2.87. The van der Waals surface area contributed by atoms with Crippen LogP contribution < -0.4 is 10.5 Å². The molecule has 0 spiro atoms. The van der Waals surface area contributed by atoms with Gasteiger partial charge in [-0.15, -0.1) is 0 Å². The average Bonchev–Trinajstić information content (AvgIpc) is 2.60. The van der Waals surface area contributed by atoms with E-state index in [2.05, 4.69) is 35.9 Å². The monoisotopic (exact) mass is 313 g/mol. The Bertz CT molecular complexity index is 620. The van der Waals surface area contributed by atoms with E-state index in [4.69, 9.17) is 10.5 Å². The van der Waals surface area contributed by atoms with E-state index in [0.717, 1.165) is 23.3 Å². The lowest BCUT2D eigenvalue weighted by Crippen LogP contribution is -2.33. The number of hydrogen-bond donors (Lipinski definition) is 1. The van der Waals surface area contributed by atoms with E-state index >= 15 is 0 Å². The van der Waals surface area contributed by atoms with Gasteiger partial charge < -0.3 is 15.2 Å². The molecule has 2 N–H and O–H groups in total. The lowest BCUT2D eigenvalue weighted by molar-refractivity contribution is -0.142. The van der Waals surface area contributed by atoms with Crippen LogP contribution in [0.15, 0.2) is 48.5 Å². The lowest BCUT2D eigenvalue weighted by Gasteiger charge is -2.10. The number of carbonyl (C=O) groups excluding carboxylic acids is 1. The van der Waals surface area contributed by atoms with Gasteiger partial charge in [0.05, 0.1) is 7.11 Å². The SMILES string of the molecule is CCc1ccc(COc2ccc(CC(N)C(=O)OC)cc2)cc1. The van der Waals surface area contributed by atoms with Gasteiger partial charge in [-0.2, -0.15) is 0 Å². The van der Waals surface area contributed by atoms with E-state index in [1.165, 1.54) is 12.7 Å². The first kappa shape index (κ1) is 17.0.